The number of aliphatic carboxylic acids is 1. The molecule has 3 rings (SSSR count). The van der Waals surface area contributed by atoms with Gasteiger partial charge in [0.05, 0.1) is 18.6 Å². The van der Waals surface area contributed by atoms with Crippen molar-refractivity contribution in [2.45, 2.75) is 59.0 Å². The Kier molecular flexibility index (Phi) is 5.00. The Bertz CT molecular complexity index is 697. The van der Waals surface area contributed by atoms with Gasteiger partial charge in [0, 0.05) is 18.4 Å². The van der Waals surface area contributed by atoms with Crippen molar-refractivity contribution in [2.75, 3.05) is 7.11 Å². The number of aliphatic hydroxyl groups excluding tert-OH is 1. The highest BCUT2D eigenvalue weighted by Gasteiger charge is 2.63. The maximum absolute atomic E-state index is 13.2. The standard InChI is InChI=1S/C21H30O6/c1-11-12(8-17(24)25)14(22)9-13-18(11)15(23)10-16-20(13,2)6-5-7-21(16,3)19(26)27-4/h8,11,13-14,16,18,22H,5-7,9-10H2,1-4H3,(H,24,25)/b12-8+/t11-,13-,14-,16+,18-,20+,21-/m0/s1. The van der Waals surface area contributed by atoms with Crippen LogP contribution in [0.2, 0.25) is 0 Å². The lowest BCUT2D eigenvalue weighted by molar-refractivity contribution is -0.180. The van der Waals surface area contributed by atoms with Crippen LogP contribution >= 0.6 is 0 Å². The van der Waals surface area contributed by atoms with Crippen LogP contribution in [0.3, 0.4) is 0 Å². The van der Waals surface area contributed by atoms with E-state index in [2.05, 4.69) is 6.92 Å². The number of methoxy groups -OCH3 is 1. The number of aliphatic hydroxyl groups is 1. The molecule has 6 heteroatoms. The molecule has 0 aromatic rings. The van der Waals surface area contributed by atoms with Crippen molar-refractivity contribution in [1.82, 2.24) is 0 Å². The third-order valence-electron chi connectivity index (χ3n) is 7.90. The number of carbonyl (C=O) groups is 3. The summed E-state index contributed by atoms with van der Waals surface area (Å²) in [5.41, 5.74) is -0.525. The maximum atomic E-state index is 13.2. The molecule has 0 unspecified atom stereocenters. The molecule has 6 nitrogen and oxygen atoms in total. The van der Waals surface area contributed by atoms with Gasteiger partial charge >= 0.3 is 11.9 Å². The number of Topliss-reactive ketones (excluding diaryl/α,β-unsaturated/α-hetero) is 1. The molecule has 3 fully saturated rings. The van der Waals surface area contributed by atoms with E-state index >= 15 is 0 Å². The van der Waals surface area contributed by atoms with Crippen LogP contribution in [-0.2, 0) is 19.1 Å². The van der Waals surface area contributed by atoms with E-state index in [-0.39, 0.29) is 40.8 Å². The summed E-state index contributed by atoms with van der Waals surface area (Å²) >= 11 is 0. The molecule has 27 heavy (non-hydrogen) atoms. The number of ether oxygens (including phenoxy) is 1. The van der Waals surface area contributed by atoms with Crippen molar-refractivity contribution in [2.24, 2.45) is 34.5 Å². The molecule has 0 saturated heterocycles. The lowest BCUT2D eigenvalue weighted by atomic mass is 9.42. The number of fused-ring (bicyclic) bond motifs is 3. The van der Waals surface area contributed by atoms with Crippen molar-refractivity contribution in [3.63, 3.8) is 0 Å². The number of carboxylic acids is 1. The normalized spacial score (nSPS) is 45.7. The molecule has 0 radical (unpaired) electrons. The highest BCUT2D eigenvalue weighted by molar-refractivity contribution is 5.87. The fourth-order valence-corrected chi connectivity index (χ4v) is 6.57. The highest BCUT2D eigenvalue weighted by Crippen LogP contribution is 2.64. The molecular weight excluding hydrogens is 348 g/mol. The Hall–Kier alpha value is -1.69. The molecule has 0 spiro atoms. The first-order valence-electron chi connectivity index (χ1n) is 9.80. The van der Waals surface area contributed by atoms with E-state index in [1.165, 1.54) is 7.11 Å². The lowest BCUT2D eigenvalue weighted by Crippen LogP contribution is -2.60. The van der Waals surface area contributed by atoms with E-state index in [0.29, 0.717) is 24.8 Å². The average molecular weight is 378 g/mol. The van der Waals surface area contributed by atoms with Gasteiger partial charge in [-0.3, -0.25) is 9.59 Å². The lowest BCUT2D eigenvalue weighted by Gasteiger charge is -2.61. The quantitative estimate of drug-likeness (QED) is 0.566. The third-order valence-corrected chi connectivity index (χ3v) is 7.90. The fourth-order valence-electron chi connectivity index (χ4n) is 6.57. The topological polar surface area (TPSA) is 101 Å². The predicted molar refractivity (Wildman–Crippen MR) is 97.7 cm³/mol. The van der Waals surface area contributed by atoms with Crippen LogP contribution in [0.1, 0.15) is 52.9 Å². The molecule has 0 aromatic heterocycles. The van der Waals surface area contributed by atoms with E-state index < -0.39 is 17.5 Å². The van der Waals surface area contributed by atoms with E-state index in [9.17, 15) is 19.5 Å². The Labute approximate surface area is 160 Å². The summed E-state index contributed by atoms with van der Waals surface area (Å²) < 4.78 is 5.09. The summed E-state index contributed by atoms with van der Waals surface area (Å²) in [4.78, 5) is 36.9. The predicted octanol–water partition coefficient (Wildman–Crippen LogP) is 2.59. The summed E-state index contributed by atoms with van der Waals surface area (Å²) in [6.07, 6.45) is 3.34. The largest absolute Gasteiger partial charge is 0.478 e. The molecule has 0 heterocycles. The number of hydrogen-bond acceptors (Lipinski definition) is 5. The first-order valence-corrected chi connectivity index (χ1v) is 9.80. The van der Waals surface area contributed by atoms with Crippen LogP contribution < -0.4 is 0 Å². The number of carboxylic acid groups (broad SMARTS) is 1. The van der Waals surface area contributed by atoms with Crippen molar-refractivity contribution in [1.29, 1.82) is 0 Å². The Morgan fingerprint density at radius 1 is 1.26 bits per heavy atom. The zero-order chi connectivity index (χ0) is 20.1. The Morgan fingerprint density at radius 2 is 1.93 bits per heavy atom. The van der Waals surface area contributed by atoms with E-state index in [1.807, 2.05) is 13.8 Å². The van der Waals surface area contributed by atoms with Crippen LogP contribution in [0.25, 0.3) is 0 Å². The monoisotopic (exact) mass is 378 g/mol. The van der Waals surface area contributed by atoms with Crippen molar-refractivity contribution >= 4 is 17.7 Å². The van der Waals surface area contributed by atoms with Gasteiger partial charge in [-0.1, -0.05) is 20.3 Å². The second-order valence-corrected chi connectivity index (χ2v) is 9.15. The number of hydrogen-bond donors (Lipinski definition) is 2. The van der Waals surface area contributed by atoms with Crippen molar-refractivity contribution < 1.29 is 29.3 Å². The van der Waals surface area contributed by atoms with E-state index in [1.54, 1.807) is 0 Å². The molecule has 3 aliphatic rings. The van der Waals surface area contributed by atoms with Gasteiger partial charge in [-0.15, -0.1) is 0 Å². The molecule has 150 valence electrons. The Balaban J connectivity index is 2.03. The molecule has 3 saturated carbocycles. The van der Waals surface area contributed by atoms with Gasteiger partial charge in [-0.25, -0.2) is 4.79 Å². The molecule has 2 N–H and O–H groups in total. The van der Waals surface area contributed by atoms with Crippen LogP contribution in [0, 0.1) is 34.5 Å². The molecule has 3 aliphatic carbocycles. The van der Waals surface area contributed by atoms with Crippen LogP contribution in [0.15, 0.2) is 11.6 Å². The summed E-state index contributed by atoms with van der Waals surface area (Å²) in [5.74, 6) is -2.09. The molecule has 0 aliphatic heterocycles. The van der Waals surface area contributed by atoms with Gasteiger partial charge in [0.15, 0.2) is 0 Å². The van der Waals surface area contributed by atoms with Crippen LogP contribution in [-0.4, -0.2) is 41.1 Å². The molecular formula is C21H30O6. The van der Waals surface area contributed by atoms with Crippen molar-refractivity contribution in [3.8, 4) is 0 Å². The summed E-state index contributed by atoms with van der Waals surface area (Å²) in [5, 5.41) is 19.8. The second kappa shape index (κ2) is 6.73. The smallest absolute Gasteiger partial charge is 0.328 e. The van der Waals surface area contributed by atoms with Gasteiger partial charge < -0.3 is 14.9 Å². The van der Waals surface area contributed by atoms with E-state index in [0.717, 1.165) is 18.9 Å². The second-order valence-electron chi connectivity index (χ2n) is 9.15. The Morgan fingerprint density at radius 3 is 2.52 bits per heavy atom. The SMILES string of the molecule is COC(=O)[C@@]1(C)CCC[C@@]2(C)[C@H]1CC(=O)[C@H]1[C@@H](C)/C(=C\C(=O)O)[C@@H](O)C[C@@H]12. The molecule has 0 amide bonds. The molecule has 0 aromatic carbocycles. The van der Waals surface area contributed by atoms with Gasteiger partial charge in [-0.05, 0) is 54.9 Å². The first-order chi connectivity index (χ1) is 12.6. The van der Waals surface area contributed by atoms with Gasteiger partial charge in [0.25, 0.3) is 0 Å². The maximum Gasteiger partial charge on any atom is 0.328 e. The fraction of sp³-hybridized carbons (Fsp3) is 0.762. The number of rotatable bonds is 2. The minimum atomic E-state index is -1.10. The summed E-state index contributed by atoms with van der Waals surface area (Å²) in [7, 11) is 1.39. The zero-order valence-corrected chi connectivity index (χ0v) is 16.5. The number of carbonyl (C=O) groups excluding carboxylic acids is 2. The molecule has 0 bridgehead atoms. The first kappa shape index (κ1) is 20.1. The minimum Gasteiger partial charge on any atom is -0.478 e. The van der Waals surface area contributed by atoms with Crippen molar-refractivity contribution in [3.05, 3.63) is 11.6 Å². The highest BCUT2D eigenvalue weighted by atomic mass is 16.5. The van der Waals surface area contributed by atoms with E-state index in [4.69, 9.17) is 9.84 Å². The zero-order valence-electron chi connectivity index (χ0n) is 16.5. The van der Waals surface area contributed by atoms with Gasteiger partial charge in [0.2, 0.25) is 0 Å². The van der Waals surface area contributed by atoms with Gasteiger partial charge in [0.1, 0.15) is 5.78 Å². The average Bonchev–Trinajstić information content (AvgIpc) is 2.59. The number of ketones is 1. The van der Waals surface area contributed by atoms with Crippen LogP contribution in [0.5, 0.6) is 0 Å². The molecule has 7 atom stereocenters. The summed E-state index contributed by atoms with van der Waals surface area (Å²) in [6.45, 7) is 5.90. The third kappa shape index (κ3) is 2.93. The minimum absolute atomic E-state index is 0.0658. The summed E-state index contributed by atoms with van der Waals surface area (Å²) in [6, 6.07) is 0. The number of esters is 1. The van der Waals surface area contributed by atoms with Gasteiger partial charge in [-0.2, -0.15) is 0 Å². The van der Waals surface area contributed by atoms with Crippen LogP contribution in [0.4, 0.5) is 0 Å².